The lowest BCUT2D eigenvalue weighted by molar-refractivity contribution is 0.154. The molecule has 2 atom stereocenters. The van der Waals surface area contributed by atoms with Crippen molar-refractivity contribution in [1.29, 1.82) is 0 Å². The lowest BCUT2D eigenvalue weighted by Gasteiger charge is -2.36. The molecule has 1 fully saturated rings. The Hall–Kier alpha value is -0.860. The van der Waals surface area contributed by atoms with Crippen molar-refractivity contribution >= 4 is 0 Å². The molecular formula is C17H28N2. The van der Waals surface area contributed by atoms with Crippen LogP contribution in [0.5, 0.6) is 0 Å². The van der Waals surface area contributed by atoms with Gasteiger partial charge in [0.25, 0.3) is 0 Å². The zero-order valence-electron chi connectivity index (χ0n) is 12.8. The molecule has 1 aromatic rings. The summed E-state index contributed by atoms with van der Waals surface area (Å²) >= 11 is 0. The molecule has 0 heterocycles. The molecule has 0 bridgehead atoms. The maximum absolute atomic E-state index is 3.50. The van der Waals surface area contributed by atoms with Gasteiger partial charge in [-0.15, -0.1) is 0 Å². The topological polar surface area (TPSA) is 15.3 Å². The smallest absolute Gasteiger partial charge is 0.0473 e. The van der Waals surface area contributed by atoms with E-state index in [1.54, 1.807) is 0 Å². The van der Waals surface area contributed by atoms with E-state index in [0.29, 0.717) is 12.1 Å². The van der Waals surface area contributed by atoms with Gasteiger partial charge in [-0.05, 0) is 46.3 Å². The Labute approximate surface area is 118 Å². The summed E-state index contributed by atoms with van der Waals surface area (Å²) in [5, 5.41) is 3.50. The fourth-order valence-corrected chi connectivity index (χ4v) is 3.34. The van der Waals surface area contributed by atoms with Gasteiger partial charge in [0.15, 0.2) is 0 Å². The number of hydrogen-bond donors (Lipinski definition) is 1. The van der Waals surface area contributed by atoms with Gasteiger partial charge >= 0.3 is 0 Å². The summed E-state index contributed by atoms with van der Waals surface area (Å²) in [7, 11) is 4.36. The lowest BCUT2D eigenvalue weighted by atomic mass is 9.97. The van der Waals surface area contributed by atoms with Gasteiger partial charge in [0.1, 0.15) is 0 Å². The fourth-order valence-electron chi connectivity index (χ4n) is 3.34. The van der Waals surface area contributed by atoms with Gasteiger partial charge in [0, 0.05) is 18.1 Å². The maximum atomic E-state index is 3.50. The standard InChI is InChI=1S/C17H28N2/c1-13-9-11-15(12-10-13)17(18-3)14(2)19(4)16-7-5-6-8-16/h9-12,14,16-18H,5-8H2,1-4H3. The molecule has 1 aliphatic rings. The first kappa shape index (κ1) is 14.5. The summed E-state index contributed by atoms with van der Waals surface area (Å²) < 4.78 is 0. The zero-order chi connectivity index (χ0) is 13.8. The van der Waals surface area contributed by atoms with Crippen LogP contribution in [0, 0.1) is 6.92 Å². The summed E-state index contributed by atoms with van der Waals surface area (Å²) in [6, 6.07) is 10.6. The van der Waals surface area contributed by atoms with Crippen LogP contribution in [0.15, 0.2) is 24.3 Å². The third-order valence-corrected chi connectivity index (χ3v) is 4.77. The van der Waals surface area contributed by atoms with Crippen LogP contribution in [0.25, 0.3) is 0 Å². The minimum Gasteiger partial charge on any atom is -0.312 e. The van der Waals surface area contributed by atoms with Gasteiger partial charge in [0.2, 0.25) is 0 Å². The molecule has 0 aromatic heterocycles. The highest BCUT2D eigenvalue weighted by atomic mass is 15.2. The molecule has 19 heavy (non-hydrogen) atoms. The van der Waals surface area contributed by atoms with Crippen molar-refractivity contribution in [1.82, 2.24) is 10.2 Å². The summed E-state index contributed by atoms with van der Waals surface area (Å²) in [5.41, 5.74) is 2.72. The van der Waals surface area contributed by atoms with Crippen molar-refractivity contribution in [3.05, 3.63) is 35.4 Å². The fraction of sp³-hybridized carbons (Fsp3) is 0.647. The predicted molar refractivity (Wildman–Crippen MR) is 82.5 cm³/mol. The van der Waals surface area contributed by atoms with E-state index in [4.69, 9.17) is 0 Å². The van der Waals surface area contributed by atoms with E-state index < -0.39 is 0 Å². The lowest BCUT2D eigenvalue weighted by Crippen LogP contribution is -2.44. The number of likely N-dealkylation sites (N-methyl/N-ethyl adjacent to an activating group) is 2. The second-order valence-electron chi connectivity index (χ2n) is 6.02. The molecule has 0 spiro atoms. The average Bonchev–Trinajstić information content (AvgIpc) is 2.94. The van der Waals surface area contributed by atoms with Gasteiger partial charge in [-0.2, -0.15) is 0 Å². The van der Waals surface area contributed by atoms with Crippen molar-refractivity contribution in [3.63, 3.8) is 0 Å². The first-order chi connectivity index (χ1) is 9.13. The Kier molecular flexibility index (Phi) is 5.00. The number of hydrogen-bond acceptors (Lipinski definition) is 2. The van der Waals surface area contributed by atoms with Crippen LogP contribution < -0.4 is 5.32 Å². The molecule has 1 N–H and O–H groups in total. The highest BCUT2D eigenvalue weighted by molar-refractivity contribution is 5.25. The first-order valence-corrected chi connectivity index (χ1v) is 7.59. The highest BCUT2D eigenvalue weighted by Crippen LogP contribution is 2.28. The van der Waals surface area contributed by atoms with Gasteiger partial charge in [-0.3, -0.25) is 4.90 Å². The van der Waals surface area contributed by atoms with Crippen LogP contribution in [0.1, 0.15) is 49.8 Å². The van der Waals surface area contributed by atoms with Crippen molar-refractivity contribution in [2.24, 2.45) is 0 Å². The van der Waals surface area contributed by atoms with Gasteiger partial charge < -0.3 is 5.32 Å². The molecule has 2 unspecified atom stereocenters. The van der Waals surface area contributed by atoms with Crippen molar-refractivity contribution in [2.45, 2.75) is 57.7 Å². The molecule has 1 aromatic carbocycles. The average molecular weight is 260 g/mol. The molecule has 1 saturated carbocycles. The predicted octanol–water partition coefficient (Wildman–Crippen LogP) is 3.52. The summed E-state index contributed by atoms with van der Waals surface area (Å²) in [5.74, 6) is 0. The monoisotopic (exact) mass is 260 g/mol. The summed E-state index contributed by atoms with van der Waals surface area (Å²) in [6.07, 6.45) is 5.53. The van der Waals surface area contributed by atoms with E-state index in [9.17, 15) is 0 Å². The van der Waals surface area contributed by atoms with E-state index in [1.165, 1.54) is 36.8 Å². The number of nitrogens with one attached hydrogen (secondary N) is 1. The summed E-state index contributed by atoms with van der Waals surface area (Å²) in [4.78, 5) is 2.58. The van der Waals surface area contributed by atoms with Crippen LogP contribution in [-0.2, 0) is 0 Å². The Bertz CT molecular complexity index is 379. The summed E-state index contributed by atoms with van der Waals surface area (Å²) in [6.45, 7) is 4.49. The Morgan fingerprint density at radius 2 is 1.74 bits per heavy atom. The van der Waals surface area contributed by atoms with Gasteiger partial charge in [-0.25, -0.2) is 0 Å². The number of benzene rings is 1. The molecule has 0 saturated heterocycles. The van der Waals surface area contributed by atoms with E-state index in [2.05, 4.69) is 62.4 Å². The quantitative estimate of drug-likeness (QED) is 0.871. The number of aryl methyl sites for hydroxylation is 1. The molecule has 106 valence electrons. The second-order valence-corrected chi connectivity index (χ2v) is 6.02. The molecular weight excluding hydrogens is 232 g/mol. The molecule has 0 radical (unpaired) electrons. The Morgan fingerprint density at radius 3 is 2.26 bits per heavy atom. The van der Waals surface area contributed by atoms with Crippen molar-refractivity contribution in [3.8, 4) is 0 Å². The number of nitrogens with zero attached hydrogens (tertiary/aromatic N) is 1. The Morgan fingerprint density at radius 1 is 1.16 bits per heavy atom. The molecule has 2 heteroatoms. The third kappa shape index (κ3) is 3.37. The highest BCUT2D eigenvalue weighted by Gasteiger charge is 2.28. The van der Waals surface area contributed by atoms with E-state index in [-0.39, 0.29) is 0 Å². The minimum atomic E-state index is 0.409. The van der Waals surface area contributed by atoms with E-state index >= 15 is 0 Å². The van der Waals surface area contributed by atoms with Crippen LogP contribution in [0.4, 0.5) is 0 Å². The van der Waals surface area contributed by atoms with Crippen LogP contribution >= 0.6 is 0 Å². The number of rotatable bonds is 5. The second kappa shape index (κ2) is 6.53. The normalized spacial score (nSPS) is 19.8. The van der Waals surface area contributed by atoms with Crippen LogP contribution in [0.2, 0.25) is 0 Å². The van der Waals surface area contributed by atoms with E-state index in [0.717, 1.165) is 6.04 Å². The Balaban J connectivity index is 2.09. The molecule has 0 amide bonds. The van der Waals surface area contributed by atoms with Crippen molar-refractivity contribution in [2.75, 3.05) is 14.1 Å². The van der Waals surface area contributed by atoms with E-state index in [1.807, 2.05) is 0 Å². The van der Waals surface area contributed by atoms with Gasteiger partial charge in [-0.1, -0.05) is 42.7 Å². The largest absolute Gasteiger partial charge is 0.312 e. The molecule has 1 aliphatic carbocycles. The molecule has 2 nitrogen and oxygen atoms in total. The first-order valence-electron chi connectivity index (χ1n) is 7.59. The third-order valence-electron chi connectivity index (χ3n) is 4.77. The maximum Gasteiger partial charge on any atom is 0.0473 e. The van der Waals surface area contributed by atoms with Crippen LogP contribution in [-0.4, -0.2) is 31.1 Å². The molecule has 2 rings (SSSR count). The molecule has 0 aliphatic heterocycles. The van der Waals surface area contributed by atoms with Crippen molar-refractivity contribution < 1.29 is 0 Å². The SMILES string of the molecule is CNC(c1ccc(C)cc1)C(C)N(C)C1CCCC1. The zero-order valence-corrected chi connectivity index (χ0v) is 12.8. The van der Waals surface area contributed by atoms with Gasteiger partial charge in [0.05, 0.1) is 0 Å². The van der Waals surface area contributed by atoms with Crippen LogP contribution in [0.3, 0.4) is 0 Å². The minimum absolute atomic E-state index is 0.409.